The summed E-state index contributed by atoms with van der Waals surface area (Å²) < 4.78 is 0. The maximum absolute atomic E-state index is 10.2. The molecule has 154 valence electrons. The molecular formula is C22H44N2O2. The molecule has 4 heteroatoms. The molecule has 0 spiro atoms. The van der Waals surface area contributed by atoms with Gasteiger partial charge < -0.3 is 20.0 Å². The molecule has 0 aromatic carbocycles. The number of likely N-dealkylation sites (tertiary alicyclic amines) is 2. The molecule has 2 atom stereocenters. The SMILES string of the molecule is O[C@H](CCCCCCCC[C@H](O)CN1CCCCC1)CN1CCCCC1. The van der Waals surface area contributed by atoms with Crippen LogP contribution >= 0.6 is 0 Å². The van der Waals surface area contributed by atoms with Gasteiger partial charge in [0.2, 0.25) is 0 Å². The molecule has 4 nitrogen and oxygen atoms in total. The molecule has 0 aromatic rings. The Hall–Kier alpha value is -0.160. The highest BCUT2D eigenvalue weighted by Gasteiger charge is 2.15. The Labute approximate surface area is 161 Å². The highest BCUT2D eigenvalue weighted by Crippen LogP contribution is 2.15. The van der Waals surface area contributed by atoms with Crippen LogP contribution in [-0.4, -0.2) is 71.5 Å². The number of β-amino-alcohol motifs (C(OH)–C–C–N with tert-alkyl or cyclic N) is 2. The summed E-state index contributed by atoms with van der Waals surface area (Å²) >= 11 is 0. The van der Waals surface area contributed by atoms with Gasteiger partial charge in [-0.05, 0) is 64.7 Å². The first kappa shape index (κ1) is 22.1. The lowest BCUT2D eigenvalue weighted by atomic mass is 10.0. The minimum atomic E-state index is -0.127. The molecule has 0 amide bonds. The summed E-state index contributed by atoms with van der Waals surface area (Å²) in [4.78, 5) is 4.87. The second-order valence-corrected chi connectivity index (χ2v) is 8.73. The van der Waals surface area contributed by atoms with Crippen molar-refractivity contribution in [3.63, 3.8) is 0 Å². The standard InChI is InChI=1S/C22H44N2O2/c25-21(19-23-15-9-5-10-16-23)13-7-3-1-2-4-8-14-22(26)20-24-17-11-6-12-18-24/h21-22,25-26H,1-20H2/t21-,22+. The van der Waals surface area contributed by atoms with Crippen molar-refractivity contribution in [2.75, 3.05) is 39.3 Å². The Morgan fingerprint density at radius 1 is 0.500 bits per heavy atom. The largest absolute Gasteiger partial charge is 0.392 e. The third kappa shape index (κ3) is 10.2. The zero-order chi connectivity index (χ0) is 18.5. The van der Waals surface area contributed by atoms with Crippen molar-refractivity contribution in [1.29, 1.82) is 0 Å². The van der Waals surface area contributed by atoms with Crippen LogP contribution in [0.25, 0.3) is 0 Å². The summed E-state index contributed by atoms with van der Waals surface area (Å²) in [6, 6.07) is 0. The van der Waals surface area contributed by atoms with E-state index in [-0.39, 0.29) is 12.2 Å². The summed E-state index contributed by atoms with van der Waals surface area (Å²) in [5.74, 6) is 0. The van der Waals surface area contributed by atoms with Crippen molar-refractivity contribution in [2.24, 2.45) is 0 Å². The third-order valence-corrected chi connectivity index (χ3v) is 6.16. The van der Waals surface area contributed by atoms with Crippen LogP contribution in [0, 0.1) is 0 Å². The van der Waals surface area contributed by atoms with Crippen LogP contribution in [0.4, 0.5) is 0 Å². The molecule has 0 saturated carbocycles. The van der Waals surface area contributed by atoms with Crippen molar-refractivity contribution in [2.45, 2.75) is 102 Å². The minimum absolute atomic E-state index is 0.127. The second-order valence-electron chi connectivity index (χ2n) is 8.73. The van der Waals surface area contributed by atoms with Gasteiger partial charge in [-0.1, -0.05) is 51.4 Å². The molecule has 0 aromatic heterocycles. The molecule has 2 aliphatic rings. The monoisotopic (exact) mass is 368 g/mol. The third-order valence-electron chi connectivity index (χ3n) is 6.16. The Morgan fingerprint density at radius 3 is 1.23 bits per heavy atom. The number of rotatable bonds is 13. The fraction of sp³-hybridized carbons (Fsp3) is 1.00. The van der Waals surface area contributed by atoms with Crippen molar-refractivity contribution >= 4 is 0 Å². The lowest BCUT2D eigenvalue weighted by molar-refractivity contribution is 0.0916. The topological polar surface area (TPSA) is 46.9 Å². The highest BCUT2D eigenvalue weighted by atomic mass is 16.3. The van der Waals surface area contributed by atoms with E-state index in [1.54, 1.807) is 0 Å². The molecule has 0 aliphatic carbocycles. The fourth-order valence-electron chi connectivity index (χ4n) is 4.53. The molecule has 2 heterocycles. The zero-order valence-corrected chi connectivity index (χ0v) is 17.1. The molecule has 0 unspecified atom stereocenters. The van der Waals surface area contributed by atoms with E-state index in [0.29, 0.717) is 0 Å². The van der Waals surface area contributed by atoms with Gasteiger partial charge in [0.15, 0.2) is 0 Å². The average Bonchev–Trinajstić information content (AvgIpc) is 2.65. The van der Waals surface area contributed by atoms with E-state index in [4.69, 9.17) is 0 Å². The quantitative estimate of drug-likeness (QED) is 0.486. The average molecular weight is 369 g/mol. The van der Waals surface area contributed by atoms with Crippen LogP contribution < -0.4 is 0 Å². The van der Waals surface area contributed by atoms with E-state index in [9.17, 15) is 10.2 Å². The first-order valence-electron chi connectivity index (χ1n) is 11.5. The fourth-order valence-corrected chi connectivity index (χ4v) is 4.53. The molecular weight excluding hydrogens is 324 g/mol. The molecule has 2 rings (SSSR count). The smallest absolute Gasteiger partial charge is 0.0667 e. The van der Waals surface area contributed by atoms with Gasteiger partial charge in [-0.3, -0.25) is 0 Å². The number of unbranched alkanes of at least 4 members (excludes halogenated alkanes) is 5. The number of aliphatic hydroxyl groups excluding tert-OH is 2. The molecule has 26 heavy (non-hydrogen) atoms. The molecule has 2 aliphatic heterocycles. The van der Waals surface area contributed by atoms with Crippen molar-refractivity contribution in [1.82, 2.24) is 9.80 Å². The maximum atomic E-state index is 10.2. The second kappa shape index (κ2) is 13.9. The Morgan fingerprint density at radius 2 is 0.846 bits per heavy atom. The van der Waals surface area contributed by atoms with Crippen molar-refractivity contribution < 1.29 is 10.2 Å². The normalized spacial score (nSPS) is 22.4. The Kier molecular flexibility index (Phi) is 11.9. The van der Waals surface area contributed by atoms with Gasteiger partial charge in [0, 0.05) is 13.1 Å². The van der Waals surface area contributed by atoms with E-state index in [1.807, 2.05) is 0 Å². The van der Waals surface area contributed by atoms with Gasteiger partial charge in [0.1, 0.15) is 0 Å². The number of hydrogen-bond donors (Lipinski definition) is 2. The molecule has 2 N–H and O–H groups in total. The predicted molar refractivity (Wildman–Crippen MR) is 110 cm³/mol. The van der Waals surface area contributed by atoms with Crippen molar-refractivity contribution in [3.8, 4) is 0 Å². The van der Waals surface area contributed by atoms with E-state index in [1.165, 1.54) is 90.4 Å². The summed E-state index contributed by atoms with van der Waals surface area (Å²) in [5.41, 5.74) is 0. The van der Waals surface area contributed by atoms with Gasteiger partial charge in [-0.15, -0.1) is 0 Å². The van der Waals surface area contributed by atoms with Crippen LogP contribution in [0.5, 0.6) is 0 Å². The summed E-state index contributed by atoms with van der Waals surface area (Å²) in [6.45, 7) is 6.49. The first-order chi connectivity index (χ1) is 12.7. The number of piperidine rings is 2. The van der Waals surface area contributed by atoms with E-state index < -0.39 is 0 Å². The van der Waals surface area contributed by atoms with Gasteiger partial charge in [-0.25, -0.2) is 0 Å². The summed E-state index contributed by atoms with van der Waals surface area (Å²) in [6.07, 6.45) is 17.0. The Bertz CT molecular complexity index is 296. The Balaban J connectivity index is 1.35. The molecule has 2 saturated heterocycles. The molecule has 2 fully saturated rings. The van der Waals surface area contributed by atoms with Crippen LogP contribution in [-0.2, 0) is 0 Å². The van der Waals surface area contributed by atoms with E-state index in [2.05, 4.69) is 9.80 Å². The molecule has 0 bridgehead atoms. The predicted octanol–water partition coefficient (Wildman–Crippen LogP) is 3.80. The first-order valence-corrected chi connectivity index (χ1v) is 11.5. The number of aliphatic hydroxyl groups is 2. The maximum Gasteiger partial charge on any atom is 0.0667 e. The van der Waals surface area contributed by atoms with Crippen LogP contribution in [0.3, 0.4) is 0 Å². The van der Waals surface area contributed by atoms with Gasteiger partial charge in [0.25, 0.3) is 0 Å². The van der Waals surface area contributed by atoms with Crippen LogP contribution in [0.15, 0.2) is 0 Å². The van der Waals surface area contributed by atoms with Gasteiger partial charge in [0.05, 0.1) is 12.2 Å². The van der Waals surface area contributed by atoms with Gasteiger partial charge in [-0.2, -0.15) is 0 Å². The summed E-state index contributed by atoms with van der Waals surface area (Å²) in [5, 5.41) is 20.3. The van der Waals surface area contributed by atoms with E-state index >= 15 is 0 Å². The number of hydrogen-bond acceptors (Lipinski definition) is 4. The lowest BCUT2D eigenvalue weighted by Gasteiger charge is -2.28. The lowest BCUT2D eigenvalue weighted by Crippen LogP contribution is -2.36. The highest BCUT2D eigenvalue weighted by molar-refractivity contribution is 4.70. The van der Waals surface area contributed by atoms with Crippen molar-refractivity contribution in [3.05, 3.63) is 0 Å². The summed E-state index contributed by atoms with van der Waals surface area (Å²) in [7, 11) is 0. The number of nitrogens with zero attached hydrogens (tertiary/aromatic N) is 2. The van der Waals surface area contributed by atoms with Crippen LogP contribution in [0.2, 0.25) is 0 Å². The zero-order valence-electron chi connectivity index (χ0n) is 17.1. The van der Waals surface area contributed by atoms with E-state index in [0.717, 1.165) is 38.8 Å². The van der Waals surface area contributed by atoms with Gasteiger partial charge >= 0.3 is 0 Å². The molecule has 0 radical (unpaired) electrons. The van der Waals surface area contributed by atoms with Crippen LogP contribution in [0.1, 0.15) is 89.9 Å². The minimum Gasteiger partial charge on any atom is -0.392 e.